The second-order valence-corrected chi connectivity index (χ2v) is 5.70. The van der Waals surface area contributed by atoms with Crippen LogP contribution in [0.3, 0.4) is 0 Å². The van der Waals surface area contributed by atoms with Gasteiger partial charge in [0.25, 0.3) is 0 Å². The van der Waals surface area contributed by atoms with Crippen LogP contribution in [0.25, 0.3) is 0 Å². The quantitative estimate of drug-likeness (QED) is 0.575. The average molecular weight is 332 g/mol. The molecule has 0 spiro atoms. The number of rotatable bonds is 7. The molecule has 0 saturated heterocycles. The number of carbonyl (C=O) groups is 3. The monoisotopic (exact) mass is 332 g/mol. The maximum atomic E-state index is 11.8. The molecular weight excluding hydrogens is 316 g/mol. The first kappa shape index (κ1) is 16.9. The largest absolute Gasteiger partial charge is 0.465 e. The van der Waals surface area contributed by atoms with Crippen LogP contribution in [-0.4, -0.2) is 24.8 Å². The summed E-state index contributed by atoms with van der Waals surface area (Å²) in [4.78, 5) is 35.6. The molecule has 0 N–H and O–H groups in total. The highest BCUT2D eigenvalue weighted by Crippen LogP contribution is 2.13. The molecule has 1 aromatic heterocycles. The molecule has 0 saturated carbocycles. The molecule has 0 bridgehead atoms. The standard InChI is InChI=1S/C17H16O5S/c1-21-17(20)13-5-2-4-12(10-13)11-22-16(19)8-7-14(18)15-6-3-9-23-15/h2-6,9-10H,7-8,11H2,1H3. The average Bonchev–Trinajstić information content (AvgIpc) is 3.12. The number of esters is 2. The van der Waals surface area contributed by atoms with Gasteiger partial charge in [0.05, 0.1) is 24.0 Å². The number of hydrogen-bond donors (Lipinski definition) is 0. The van der Waals surface area contributed by atoms with Gasteiger partial charge in [0.1, 0.15) is 6.61 Å². The third-order valence-electron chi connectivity index (χ3n) is 3.10. The van der Waals surface area contributed by atoms with Crippen LogP contribution in [0.5, 0.6) is 0 Å². The molecule has 2 rings (SSSR count). The summed E-state index contributed by atoms with van der Waals surface area (Å²) in [6.45, 7) is 0.0524. The van der Waals surface area contributed by atoms with Crippen molar-refractivity contribution in [2.45, 2.75) is 19.4 Å². The van der Waals surface area contributed by atoms with Gasteiger partial charge in [0, 0.05) is 6.42 Å². The molecular formula is C17H16O5S. The van der Waals surface area contributed by atoms with E-state index in [0.29, 0.717) is 16.0 Å². The first-order chi connectivity index (χ1) is 11.1. The van der Waals surface area contributed by atoms with E-state index in [1.54, 1.807) is 36.4 Å². The Morgan fingerprint density at radius 3 is 2.61 bits per heavy atom. The van der Waals surface area contributed by atoms with Gasteiger partial charge in [0.2, 0.25) is 0 Å². The van der Waals surface area contributed by atoms with Gasteiger partial charge >= 0.3 is 11.9 Å². The van der Waals surface area contributed by atoms with Gasteiger partial charge in [0.15, 0.2) is 5.78 Å². The Kier molecular flexibility index (Phi) is 6.05. The topological polar surface area (TPSA) is 69.7 Å². The van der Waals surface area contributed by atoms with E-state index < -0.39 is 11.9 Å². The lowest BCUT2D eigenvalue weighted by Gasteiger charge is -2.06. The first-order valence-electron chi connectivity index (χ1n) is 6.99. The number of thiophene rings is 1. The van der Waals surface area contributed by atoms with E-state index in [1.807, 2.05) is 5.38 Å². The van der Waals surface area contributed by atoms with Crippen molar-refractivity contribution in [1.29, 1.82) is 0 Å². The van der Waals surface area contributed by atoms with Gasteiger partial charge in [-0.3, -0.25) is 9.59 Å². The van der Waals surface area contributed by atoms with Crippen molar-refractivity contribution in [2.24, 2.45) is 0 Å². The van der Waals surface area contributed by atoms with Crippen LogP contribution in [0.1, 0.15) is 38.4 Å². The highest BCUT2D eigenvalue weighted by Gasteiger charge is 2.12. The summed E-state index contributed by atoms with van der Waals surface area (Å²) in [6.07, 6.45) is 0.162. The minimum Gasteiger partial charge on any atom is -0.465 e. The molecule has 23 heavy (non-hydrogen) atoms. The van der Waals surface area contributed by atoms with Crippen molar-refractivity contribution in [3.8, 4) is 0 Å². The fraction of sp³-hybridized carbons (Fsp3) is 0.235. The van der Waals surface area contributed by atoms with Crippen molar-refractivity contribution in [1.82, 2.24) is 0 Å². The van der Waals surface area contributed by atoms with Crippen molar-refractivity contribution in [3.63, 3.8) is 0 Å². The normalized spacial score (nSPS) is 10.1. The molecule has 120 valence electrons. The van der Waals surface area contributed by atoms with Gasteiger partial charge in [-0.25, -0.2) is 4.79 Å². The van der Waals surface area contributed by atoms with E-state index in [1.165, 1.54) is 18.4 Å². The molecule has 1 heterocycles. The van der Waals surface area contributed by atoms with Crippen LogP contribution in [-0.2, 0) is 20.9 Å². The van der Waals surface area contributed by atoms with E-state index >= 15 is 0 Å². The van der Waals surface area contributed by atoms with Crippen LogP contribution in [0, 0.1) is 0 Å². The molecule has 0 fully saturated rings. The number of hydrogen-bond acceptors (Lipinski definition) is 6. The SMILES string of the molecule is COC(=O)c1cccc(COC(=O)CCC(=O)c2cccs2)c1. The first-order valence-corrected chi connectivity index (χ1v) is 7.87. The Morgan fingerprint density at radius 2 is 1.91 bits per heavy atom. The Morgan fingerprint density at radius 1 is 1.09 bits per heavy atom. The van der Waals surface area contributed by atoms with E-state index in [4.69, 9.17) is 4.74 Å². The molecule has 0 unspecified atom stereocenters. The lowest BCUT2D eigenvalue weighted by atomic mass is 10.1. The van der Waals surface area contributed by atoms with Crippen LogP contribution in [0.4, 0.5) is 0 Å². The van der Waals surface area contributed by atoms with E-state index in [9.17, 15) is 14.4 Å². The maximum Gasteiger partial charge on any atom is 0.337 e. The molecule has 0 radical (unpaired) electrons. The van der Waals surface area contributed by atoms with E-state index in [0.717, 1.165) is 0 Å². The third kappa shape index (κ3) is 5.03. The molecule has 0 aliphatic carbocycles. The zero-order valence-electron chi connectivity index (χ0n) is 12.6. The van der Waals surface area contributed by atoms with E-state index in [-0.39, 0.29) is 25.2 Å². The lowest BCUT2D eigenvalue weighted by Crippen LogP contribution is -2.08. The fourth-order valence-electron chi connectivity index (χ4n) is 1.92. The number of carbonyl (C=O) groups excluding carboxylic acids is 3. The van der Waals surface area contributed by atoms with Gasteiger partial charge in [-0.1, -0.05) is 18.2 Å². The molecule has 6 heteroatoms. The zero-order chi connectivity index (χ0) is 16.7. The molecule has 5 nitrogen and oxygen atoms in total. The number of methoxy groups -OCH3 is 1. The molecule has 0 aliphatic rings. The van der Waals surface area contributed by atoms with Gasteiger partial charge in [-0.15, -0.1) is 11.3 Å². The van der Waals surface area contributed by atoms with Gasteiger partial charge in [-0.05, 0) is 29.1 Å². The second-order valence-electron chi connectivity index (χ2n) is 4.75. The summed E-state index contributed by atoms with van der Waals surface area (Å²) >= 11 is 1.35. The highest BCUT2D eigenvalue weighted by molar-refractivity contribution is 7.12. The minimum atomic E-state index is -0.446. The summed E-state index contributed by atoms with van der Waals surface area (Å²) in [7, 11) is 1.31. The summed E-state index contributed by atoms with van der Waals surface area (Å²) in [5.74, 6) is -0.956. The Labute approximate surface area is 137 Å². The van der Waals surface area contributed by atoms with Crippen LogP contribution < -0.4 is 0 Å². The number of ketones is 1. The second kappa shape index (κ2) is 8.24. The van der Waals surface area contributed by atoms with Crippen molar-refractivity contribution in [3.05, 3.63) is 57.8 Å². The highest BCUT2D eigenvalue weighted by atomic mass is 32.1. The van der Waals surface area contributed by atoms with Crippen LogP contribution in [0.2, 0.25) is 0 Å². The molecule has 1 aromatic carbocycles. The van der Waals surface area contributed by atoms with E-state index in [2.05, 4.69) is 4.74 Å². The summed E-state index contributed by atoms with van der Waals surface area (Å²) in [6, 6.07) is 10.2. The van der Waals surface area contributed by atoms with Crippen molar-refractivity contribution < 1.29 is 23.9 Å². The number of Topliss-reactive ketones (excluding diaryl/α,β-unsaturated/α-hetero) is 1. The number of benzene rings is 1. The molecule has 0 amide bonds. The summed E-state index contributed by atoms with van der Waals surface area (Å²) in [5, 5.41) is 1.82. The van der Waals surface area contributed by atoms with Crippen LogP contribution in [0.15, 0.2) is 41.8 Å². The molecule has 0 atom stereocenters. The minimum absolute atomic E-state index is 0.0351. The zero-order valence-corrected chi connectivity index (χ0v) is 13.4. The molecule has 2 aromatic rings. The fourth-order valence-corrected chi connectivity index (χ4v) is 2.61. The number of ether oxygens (including phenoxy) is 2. The molecule has 0 aliphatic heterocycles. The Balaban J connectivity index is 1.80. The van der Waals surface area contributed by atoms with Gasteiger partial charge < -0.3 is 9.47 Å². The predicted molar refractivity (Wildman–Crippen MR) is 85.5 cm³/mol. The predicted octanol–water partition coefficient (Wildman–Crippen LogP) is 3.24. The Bertz CT molecular complexity index is 691. The summed E-state index contributed by atoms with van der Waals surface area (Å²) in [5.41, 5.74) is 1.08. The smallest absolute Gasteiger partial charge is 0.337 e. The summed E-state index contributed by atoms with van der Waals surface area (Å²) < 4.78 is 9.76. The van der Waals surface area contributed by atoms with Crippen molar-refractivity contribution in [2.75, 3.05) is 7.11 Å². The van der Waals surface area contributed by atoms with Crippen molar-refractivity contribution >= 4 is 29.1 Å². The Hall–Kier alpha value is -2.47. The van der Waals surface area contributed by atoms with Crippen LogP contribution >= 0.6 is 11.3 Å². The lowest BCUT2D eigenvalue weighted by molar-refractivity contribution is -0.144. The van der Waals surface area contributed by atoms with Gasteiger partial charge in [-0.2, -0.15) is 0 Å². The third-order valence-corrected chi connectivity index (χ3v) is 4.01. The maximum absolute atomic E-state index is 11.8.